The first-order valence-corrected chi connectivity index (χ1v) is 14.7. The van der Waals surface area contributed by atoms with Crippen molar-refractivity contribution < 1.29 is 22.0 Å². The van der Waals surface area contributed by atoms with E-state index >= 15 is 8.78 Å². The van der Waals surface area contributed by atoms with E-state index in [1.54, 1.807) is 0 Å². The van der Waals surface area contributed by atoms with Gasteiger partial charge in [-0.05, 0) is 12.1 Å². The largest absolute Gasteiger partial charge is 0.247 e. The molecule has 0 unspecified atom stereocenters. The Morgan fingerprint density at radius 3 is 1.38 bits per heavy atom. The standard InChI is InChI=1S/C39H20F5N3/c40-30-29(31(41)33(43)34(44)32(30)42)26-20-25-28(24-18-10-11-19-27(24)45-35(25)21-12-4-1-5-13-21)39-38(26)46-36(22-14-6-2-7-15-22)37(47-39)23-16-8-3-9-17-23/h1-20H. The average molecular weight is 626 g/mol. The van der Waals surface area contributed by atoms with Crippen molar-refractivity contribution >= 4 is 32.7 Å². The molecule has 3 nitrogen and oxygen atoms in total. The molecule has 0 radical (unpaired) electrons. The fourth-order valence-electron chi connectivity index (χ4n) is 6.08. The van der Waals surface area contributed by atoms with Gasteiger partial charge in [-0.3, -0.25) is 0 Å². The van der Waals surface area contributed by atoms with Crippen LogP contribution in [0.2, 0.25) is 0 Å². The zero-order chi connectivity index (χ0) is 32.2. The number of hydrogen-bond acceptors (Lipinski definition) is 3. The number of halogens is 5. The van der Waals surface area contributed by atoms with Crippen LogP contribution in [0.3, 0.4) is 0 Å². The maximum atomic E-state index is 15.7. The third-order valence-electron chi connectivity index (χ3n) is 8.23. The Bertz CT molecular complexity index is 2480. The van der Waals surface area contributed by atoms with Crippen LogP contribution in [0.4, 0.5) is 22.0 Å². The summed E-state index contributed by atoms with van der Waals surface area (Å²) in [5.41, 5.74) is 2.75. The summed E-state index contributed by atoms with van der Waals surface area (Å²) in [7, 11) is 0. The predicted molar refractivity (Wildman–Crippen MR) is 174 cm³/mol. The number of para-hydroxylation sites is 1. The molecule has 0 spiro atoms. The van der Waals surface area contributed by atoms with Gasteiger partial charge in [-0.1, -0.05) is 109 Å². The van der Waals surface area contributed by atoms with Crippen LogP contribution in [0.25, 0.3) is 77.6 Å². The molecule has 0 aliphatic heterocycles. The van der Waals surface area contributed by atoms with Gasteiger partial charge in [-0.25, -0.2) is 36.9 Å². The number of fused-ring (bicyclic) bond motifs is 5. The van der Waals surface area contributed by atoms with Gasteiger partial charge in [0.2, 0.25) is 5.82 Å². The molecule has 8 aromatic rings. The highest BCUT2D eigenvalue weighted by Gasteiger charge is 2.30. The first kappa shape index (κ1) is 28.5. The third kappa shape index (κ3) is 4.52. The monoisotopic (exact) mass is 625 g/mol. The van der Waals surface area contributed by atoms with Crippen molar-refractivity contribution in [3.05, 3.63) is 150 Å². The molecule has 0 aliphatic carbocycles. The molecular formula is C39H20F5N3. The molecule has 8 rings (SSSR count). The zero-order valence-electron chi connectivity index (χ0n) is 24.3. The number of aromatic nitrogens is 3. The van der Waals surface area contributed by atoms with Crippen molar-refractivity contribution in [1.29, 1.82) is 0 Å². The molecule has 2 aromatic heterocycles. The van der Waals surface area contributed by atoms with Gasteiger partial charge in [0, 0.05) is 38.4 Å². The summed E-state index contributed by atoms with van der Waals surface area (Å²) >= 11 is 0. The Morgan fingerprint density at radius 2 is 0.830 bits per heavy atom. The van der Waals surface area contributed by atoms with Crippen LogP contribution in [-0.4, -0.2) is 15.0 Å². The molecule has 0 N–H and O–H groups in total. The summed E-state index contributed by atoms with van der Waals surface area (Å²) in [6.45, 7) is 0. The van der Waals surface area contributed by atoms with Crippen LogP contribution < -0.4 is 0 Å². The number of pyridine rings is 1. The van der Waals surface area contributed by atoms with Gasteiger partial charge in [0.25, 0.3) is 0 Å². The van der Waals surface area contributed by atoms with Crippen molar-refractivity contribution in [2.75, 3.05) is 0 Å². The van der Waals surface area contributed by atoms with E-state index in [1.807, 2.05) is 115 Å². The van der Waals surface area contributed by atoms with Gasteiger partial charge in [0.05, 0.1) is 39.2 Å². The van der Waals surface area contributed by atoms with E-state index in [1.165, 1.54) is 6.07 Å². The maximum Gasteiger partial charge on any atom is 0.200 e. The van der Waals surface area contributed by atoms with E-state index in [0.717, 1.165) is 5.56 Å². The normalized spacial score (nSPS) is 11.5. The molecule has 0 bridgehead atoms. The van der Waals surface area contributed by atoms with Gasteiger partial charge in [0.1, 0.15) is 0 Å². The van der Waals surface area contributed by atoms with E-state index in [9.17, 15) is 13.2 Å². The Hall–Kier alpha value is -6.02. The molecule has 0 saturated carbocycles. The molecule has 8 heteroatoms. The van der Waals surface area contributed by atoms with Crippen LogP contribution in [0.15, 0.2) is 121 Å². The van der Waals surface area contributed by atoms with Crippen molar-refractivity contribution in [1.82, 2.24) is 15.0 Å². The Labute approximate surface area is 264 Å². The van der Waals surface area contributed by atoms with E-state index in [4.69, 9.17) is 15.0 Å². The van der Waals surface area contributed by atoms with Crippen molar-refractivity contribution in [3.63, 3.8) is 0 Å². The molecule has 0 fully saturated rings. The highest BCUT2D eigenvalue weighted by Crippen LogP contribution is 2.44. The summed E-state index contributed by atoms with van der Waals surface area (Å²) in [5, 5.41) is 1.65. The molecule has 0 amide bonds. The molecule has 0 atom stereocenters. The zero-order valence-corrected chi connectivity index (χ0v) is 24.3. The van der Waals surface area contributed by atoms with E-state index in [2.05, 4.69) is 0 Å². The Balaban J connectivity index is 1.65. The van der Waals surface area contributed by atoms with Crippen molar-refractivity contribution in [2.24, 2.45) is 0 Å². The average Bonchev–Trinajstić information content (AvgIpc) is 3.13. The maximum absolute atomic E-state index is 15.7. The molecular weight excluding hydrogens is 605 g/mol. The number of nitrogens with zero attached hydrogens (tertiary/aromatic N) is 3. The van der Waals surface area contributed by atoms with Crippen LogP contribution in [0.5, 0.6) is 0 Å². The van der Waals surface area contributed by atoms with E-state index in [-0.39, 0.29) is 16.6 Å². The summed E-state index contributed by atoms with van der Waals surface area (Å²) < 4.78 is 75.2. The topological polar surface area (TPSA) is 38.7 Å². The second-order valence-electron chi connectivity index (χ2n) is 11.0. The number of hydrogen-bond donors (Lipinski definition) is 0. The van der Waals surface area contributed by atoms with Gasteiger partial charge >= 0.3 is 0 Å². The molecule has 0 aliphatic rings. The fourth-order valence-corrected chi connectivity index (χ4v) is 6.08. The second-order valence-corrected chi connectivity index (χ2v) is 11.0. The summed E-state index contributed by atoms with van der Waals surface area (Å²) in [6.07, 6.45) is 0. The van der Waals surface area contributed by atoms with E-state index in [0.29, 0.717) is 49.9 Å². The van der Waals surface area contributed by atoms with E-state index < -0.39 is 34.6 Å². The third-order valence-corrected chi connectivity index (χ3v) is 8.23. The lowest BCUT2D eigenvalue weighted by Gasteiger charge is -2.18. The Morgan fingerprint density at radius 1 is 0.383 bits per heavy atom. The highest BCUT2D eigenvalue weighted by molar-refractivity contribution is 6.24. The first-order chi connectivity index (χ1) is 22.9. The SMILES string of the molecule is Fc1c(F)c(F)c(-c2cc3c(-c4ccccc4)nc4ccccc4c3c3nc(-c4ccccc4)c(-c4ccccc4)nc23)c(F)c1F. The molecule has 2 heterocycles. The summed E-state index contributed by atoms with van der Waals surface area (Å²) in [6, 6.07) is 36.3. The lowest BCUT2D eigenvalue weighted by Crippen LogP contribution is -2.06. The number of benzene rings is 6. The Kier molecular flexibility index (Phi) is 6.72. The van der Waals surface area contributed by atoms with Gasteiger partial charge in [-0.15, -0.1) is 0 Å². The van der Waals surface area contributed by atoms with Crippen molar-refractivity contribution in [2.45, 2.75) is 0 Å². The summed E-state index contributed by atoms with van der Waals surface area (Å²) in [4.78, 5) is 15.0. The molecule has 6 aromatic carbocycles. The minimum Gasteiger partial charge on any atom is -0.247 e. The van der Waals surface area contributed by atoms with Crippen LogP contribution in [-0.2, 0) is 0 Å². The highest BCUT2D eigenvalue weighted by atomic mass is 19.2. The van der Waals surface area contributed by atoms with Gasteiger partial charge < -0.3 is 0 Å². The number of rotatable bonds is 4. The van der Waals surface area contributed by atoms with Crippen molar-refractivity contribution in [3.8, 4) is 44.9 Å². The van der Waals surface area contributed by atoms with Crippen LogP contribution in [0.1, 0.15) is 0 Å². The lowest BCUT2D eigenvalue weighted by molar-refractivity contribution is 0.381. The first-order valence-electron chi connectivity index (χ1n) is 14.7. The van der Waals surface area contributed by atoms with Crippen LogP contribution in [0, 0.1) is 29.1 Å². The summed E-state index contributed by atoms with van der Waals surface area (Å²) in [5.74, 6) is -10.3. The fraction of sp³-hybridized carbons (Fsp3) is 0. The molecule has 47 heavy (non-hydrogen) atoms. The van der Waals surface area contributed by atoms with Gasteiger partial charge in [0.15, 0.2) is 23.3 Å². The lowest BCUT2D eigenvalue weighted by atomic mass is 9.92. The van der Waals surface area contributed by atoms with Gasteiger partial charge in [-0.2, -0.15) is 0 Å². The smallest absolute Gasteiger partial charge is 0.200 e. The predicted octanol–water partition coefficient (Wildman–Crippen LogP) is 10.7. The second kappa shape index (κ2) is 11.1. The molecule has 226 valence electrons. The minimum atomic E-state index is -2.24. The minimum absolute atomic E-state index is 0.0328. The quantitative estimate of drug-likeness (QED) is 0.0846. The molecule has 0 saturated heterocycles. The van der Waals surface area contributed by atoms with Crippen LogP contribution >= 0.6 is 0 Å².